The molecule has 0 saturated carbocycles. The van der Waals surface area contributed by atoms with Gasteiger partial charge in [-0.3, -0.25) is 0 Å². The van der Waals surface area contributed by atoms with E-state index in [-0.39, 0.29) is 0 Å². The fraction of sp³-hybridized carbons (Fsp3) is 0.0667. The monoisotopic (exact) mass is 426 g/mol. The van der Waals surface area contributed by atoms with Gasteiger partial charge in [0.05, 0.1) is 16.8 Å². The second-order valence-electron chi connectivity index (χ2n) is 8.42. The molecular weight excluding hydrogens is 402 g/mol. The molecule has 0 spiro atoms. The zero-order valence-electron chi connectivity index (χ0n) is 18.3. The normalized spacial score (nSPS) is 11.3. The van der Waals surface area contributed by atoms with Gasteiger partial charge in [0, 0.05) is 5.39 Å². The largest absolute Gasteiger partial charge is 0.289 e. The highest BCUT2D eigenvalue weighted by Crippen LogP contribution is 2.20. The molecule has 3 heteroatoms. The van der Waals surface area contributed by atoms with Crippen molar-refractivity contribution in [2.24, 2.45) is 0 Å². The Labute approximate surface area is 193 Å². The van der Waals surface area contributed by atoms with Gasteiger partial charge in [0.2, 0.25) is 0 Å². The van der Waals surface area contributed by atoms with Gasteiger partial charge in [-0.2, -0.15) is 0 Å². The summed E-state index contributed by atoms with van der Waals surface area (Å²) < 4.78 is 4.63. The molecule has 0 aliphatic carbocycles. The Hall–Kier alpha value is -4.24. The second kappa shape index (κ2) is 8.36. The number of pyridine rings is 1. The van der Waals surface area contributed by atoms with Gasteiger partial charge in [-0.25, -0.2) is 14.1 Å². The zero-order valence-corrected chi connectivity index (χ0v) is 18.3. The molecule has 0 aliphatic heterocycles. The van der Waals surface area contributed by atoms with Crippen LogP contribution in [0.3, 0.4) is 0 Å². The molecule has 0 saturated heterocycles. The van der Waals surface area contributed by atoms with Crippen molar-refractivity contribution in [2.75, 3.05) is 0 Å². The quantitative estimate of drug-likeness (QED) is 0.299. The number of aromatic nitrogens is 3. The predicted molar refractivity (Wildman–Crippen MR) is 134 cm³/mol. The first-order valence-electron chi connectivity index (χ1n) is 11.3. The summed E-state index contributed by atoms with van der Waals surface area (Å²) >= 11 is 0. The average molecular weight is 427 g/mol. The lowest BCUT2D eigenvalue weighted by molar-refractivity contribution is -0.676. The van der Waals surface area contributed by atoms with Crippen LogP contribution in [0.5, 0.6) is 0 Å². The number of para-hydroxylation sites is 1. The molecule has 0 fully saturated rings. The molecule has 6 rings (SSSR count). The van der Waals surface area contributed by atoms with E-state index in [1.54, 1.807) is 0 Å². The molecule has 6 aromatic rings. The molecule has 2 aromatic heterocycles. The maximum Gasteiger partial charge on any atom is 0.289 e. The molecule has 0 unspecified atom stereocenters. The van der Waals surface area contributed by atoms with E-state index < -0.39 is 0 Å². The molecule has 0 bridgehead atoms. The summed E-state index contributed by atoms with van der Waals surface area (Å²) in [5.41, 5.74) is 4.58. The van der Waals surface area contributed by atoms with Crippen molar-refractivity contribution >= 4 is 21.7 Å². The minimum absolute atomic E-state index is 0.722. The third-order valence-electron chi connectivity index (χ3n) is 6.16. The van der Waals surface area contributed by atoms with Crippen molar-refractivity contribution in [2.45, 2.75) is 13.1 Å². The van der Waals surface area contributed by atoms with Gasteiger partial charge in [0.15, 0.2) is 0 Å². The van der Waals surface area contributed by atoms with E-state index in [9.17, 15) is 0 Å². The summed E-state index contributed by atoms with van der Waals surface area (Å²) in [5, 5.41) is 3.72. The topological polar surface area (TPSA) is 21.7 Å². The number of rotatable bonds is 5. The van der Waals surface area contributed by atoms with Crippen LogP contribution in [0.15, 0.2) is 122 Å². The number of fused-ring (bicyclic) bond motifs is 2. The Balaban J connectivity index is 1.39. The van der Waals surface area contributed by atoms with Crippen molar-refractivity contribution in [3.8, 4) is 11.4 Å². The Morgan fingerprint density at radius 3 is 2.27 bits per heavy atom. The fourth-order valence-electron chi connectivity index (χ4n) is 4.55. The van der Waals surface area contributed by atoms with Gasteiger partial charge in [-0.1, -0.05) is 78.9 Å². The maximum atomic E-state index is 4.90. The SMILES string of the molecule is c1ccc(-c2n(Cc3ccc4ccccc4n3)cc[n+]2Cc2ccc3ccccc3c2)cc1. The van der Waals surface area contributed by atoms with Crippen molar-refractivity contribution in [1.29, 1.82) is 0 Å². The van der Waals surface area contributed by atoms with Crippen LogP contribution in [0.25, 0.3) is 33.1 Å². The van der Waals surface area contributed by atoms with Crippen LogP contribution in [0.4, 0.5) is 0 Å². The highest BCUT2D eigenvalue weighted by molar-refractivity contribution is 5.83. The summed E-state index contributed by atoms with van der Waals surface area (Å²) in [5.74, 6) is 1.18. The van der Waals surface area contributed by atoms with E-state index in [1.165, 1.54) is 33.1 Å². The molecule has 4 aromatic carbocycles. The summed E-state index contributed by atoms with van der Waals surface area (Å²) in [4.78, 5) is 4.90. The molecule has 0 radical (unpaired) electrons. The van der Waals surface area contributed by atoms with Gasteiger partial charge in [0.25, 0.3) is 5.82 Å². The van der Waals surface area contributed by atoms with Crippen molar-refractivity contribution < 1.29 is 4.57 Å². The lowest BCUT2D eigenvalue weighted by atomic mass is 10.1. The molecule has 0 amide bonds. The molecule has 33 heavy (non-hydrogen) atoms. The van der Waals surface area contributed by atoms with Crippen LogP contribution < -0.4 is 4.57 Å². The third kappa shape index (κ3) is 3.90. The number of nitrogens with zero attached hydrogens (tertiary/aromatic N) is 3. The van der Waals surface area contributed by atoms with Crippen LogP contribution in [0.1, 0.15) is 11.3 Å². The molecule has 2 heterocycles. The Morgan fingerprint density at radius 2 is 1.39 bits per heavy atom. The van der Waals surface area contributed by atoms with Crippen molar-refractivity contribution in [3.63, 3.8) is 0 Å². The van der Waals surface area contributed by atoms with Gasteiger partial charge >= 0.3 is 0 Å². The van der Waals surface area contributed by atoms with Gasteiger partial charge in [-0.05, 0) is 46.7 Å². The lowest BCUT2D eigenvalue weighted by Crippen LogP contribution is -2.35. The summed E-state index contributed by atoms with van der Waals surface area (Å²) in [7, 11) is 0. The Morgan fingerprint density at radius 1 is 0.667 bits per heavy atom. The first-order valence-corrected chi connectivity index (χ1v) is 11.3. The minimum atomic E-state index is 0.722. The maximum absolute atomic E-state index is 4.90. The molecular formula is C30H24N3+. The highest BCUT2D eigenvalue weighted by atomic mass is 15.2. The van der Waals surface area contributed by atoms with E-state index in [0.717, 1.165) is 24.3 Å². The van der Waals surface area contributed by atoms with Crippen LogP contribution in [0.2, 0.25) is 0 Å². The van der Waals surface area contributed by atoms with Crippen molar-refractivity contribution in [3.05, 3.63) is 133 Å². The van der Waals surface area contributed by atoms with E-state index >= 15 is 0 Å². The van der Waals surface area contributed by atoms with E-state index in [0.29, 0.717) is 0 Å². The smallest absolute Gasteiger partial charge is 0.249 e. The summed E-state index contributed by atoms with van der Waals surface area (Å²) in [6.45, 7) is 1.53. The van der Waals surface area contributed by atoms with E-state index in [2.05, 4.69) is 125 Å². The second-order valence-corrected chi connectivity index (χ2v) is 8.42. The van der Waals surface area contributed by atoms with Crippen LogP contribution in [0, 0.1) is 0 Å². The first-order chi connectivity index (χ1) is 16.3. The van der Waals surface area contributed by atoms with Crippen molar-refractivity contribution in [1.82, 2.24) is 9.55 Å². The van der Waals surface area contributed by atoms with Crippen LogP contribution >= 0.6 is 0 Å². The fourth-order valence-corrected chi connectivity index (χ4v) is 4.55. The molecule has 158 valence electrons. The first kappa shape index (κ1) is 19.4. The third-order valence-corrected chi connectivity index (χ3v) is 6.16. The number of hydrogen-bond donors (Lipinski definition) is 0. The Kier molecular flexibility index (Phi) is 4.93. The van der Waals surface area contributed by atoms with Gasteiger partial charge in [0.1, 0.15) is 25.5 Å². The minimum Gasteiger partial charge on any atom is -0.249 e. The average Bonchev–Trinajstić information content (AvgIpc) is 3.26. The molecule has 0 N–H and O–H groups in total. The molecule has 3 nitrogen and oxygen atoms in total. The van der Waals surface area contributed by atoms with Crippen LogP contribution in [-0.2, 0) is 13.1 Å². The Bertz CT molecular complexity index is 1470. The number of imidazole rings is 1. The highest BCUT2D eigenvalue weighted by Gasteiger charge is 2.20. The van der Waals surface area contributed by atoms with Crippen LogP contribution in [-0.4, -0.2) is 9.55 Å². The van der Waals surface area contributed by atoms with Gasteiger partial charge < -0.3 is 0 Å². The summed E-state index contributed by atoms with van der Waals surface area (Å²) in [6, 6.07) is 38.4. The number of hydrogen-bond acceptors (Lipinski definition) is 1. The van der Waals surface area contributed by atoms with Gasteiger partial charge in [-0.15, -0.1) is 0 Å². The number of benzene rings is 4. The standard InChI is InChI=1S/C30H24N3/c1-2-10-26(11-3-1)30-32(21-23-14-15-24-8-4-5-12-27(24)20-23)18-19-33(30)22-28-17-16-25-9-6-7-13-29(25)31-28/h1-20H,21-22H2/q+1. The zero-order chi connectivity index (χ0) is 22.0. The summed E-state index contributed by atoms with van der Waals surface area (Å²) in [6.07, 6.45) is 4.35. The predicted octanol–water partition coefficient (Wildman–Crippen LogP) is 6.24. The lowest BCUT2D eigenvalue weighted by Gasteiger charge is -2.07. The molecule has 0 atom stereocenters. The molecule has 0 aliphatic rings. The van der Waals surface area contributed by atoms with E-state index in [1.807, 2.05) is 6.07 Å². The van der Waals surface area contributed by atoms with E-state index in [4.69, 9.17) is 4.98 Å².